The van der Waals surface area contributed by atoms with Gasteiger partial charge in [0, 0.05) is 59.5 Å². The van der Waals surface area contributed by atoms with Crippen LogP contribution in [0.4, 0.5) is 4.39 Å². The van der Waals surface area contributed by atoms with Gasteiger partial charge in [0.25, 0.3) is 0 Å². The molecule has 37 heavy (non-hydrogen) atoms. The molecule has 0 bridgehead atoms. The number of halogens is 2. The predicted octanol–water partition coefficient (Wildman–Crippen LogP) is 5.68. The number of hydrogen-bond acceptors (Lipinski definition) is 4. The highest BCUT2D eigenvalue weighted by Crippen LogP contribution is 2.39. The first-order valence-corrected chi connectivity index (χ1v) is 12.3. The highest BCUT2D eigenvalue weighted by atomic mass is 35.5. The highest BCUT2D eigenvalue weighted by molar-refractivity contribution is 6.34. The molecule has 1 aliphatic heterocycles. The second-order valence-corrected chi connectivity index (χ2v) is 9.33. The number of phenolic OH excluding ortho intramolecular Hbond substituents is 1. The van der Waals surface area contributed by atoms with E-state index in [9.17, 15) is 14.3 Å². The van der Waals surface area contributed by atoms with Crippen LogP contribution in [-0.2, 0) is 4.79 Å². The lowest BCUT2D eigenvalue weighted by atomic mass is 9.87. The lowest BCUT2D eigenvalue weighted by Gasteiger charge is -2.36. The number of benzene rings is 3. The lowest BCUT2D eigenvalue weighted by Crippen LogP contribution is -2.50. The summed E-state index contributed by atoms with van der Waals surface area (Å²) in [5.41, 5.74) is 2.21. The maximum Gasteiger partial charge on any atom is 0.246 e. The third-order valence-corrected chi connectivity index (χ3v) is 7.04. The third kappa shape index (κ3) is 5.27. The summed E-state index contributed by atoms with van der Waals surface area (Å²) in [5, 5.41) is 28.7. The zero-order valence-corrected chi connectivity index (χ0v) is 21.2. The fourth-order valence-corrected chi connectivity index (χ4v) is 4.81. The average Bonchev–Trinajstić information content (AvgIpc) is 2.92. The third-order valence-electron chi connectivity index (χ3n) is 6.73. The van der Waals surface area contributed by atoms with Gasteiger partial charge in [0.2, 0.25) is 5.91 Å². The summed E-state index contributed by atoms with van der Waals surface area (Å²) in [7, 11) is 0. The Bertz CT molecular complexity index is 1350. The van der Waals surface area contributed by atoms with Crippen LogP contribution in [-0.4, -0.2) is 58.5 Å². The van der Waals surface area contributed by atoms with E-state index in [0.29, 0.717) is 37.3 Å². The summed E-state index contributed by atoms with van der Waals surface area (Å²) in [6.45, 7) is 7.19. The average molecular weight is 519 g/mol. The number of aromatic hydroxyl groups is 1. The Morgan fingerprint density at radius 2 is 1.68 bits per heavy atom. The Hall–Kier alpha value is -3.97. The summed E-state index contributed by atoms with van der Waals surface area (Å²) in [4.78, 5) is 15.5. The molecule has 0 spiro atoms. The van der Waals surface area contributed by atoms with Crippen LogP contribution < -0.4 is 0 Å². The molecular formula is C29H28ClFN4O2. The maximum absolute atomic E-state index is 14.8. The monoisotopic (exact) mass is 518 g/mol. The van der Waals surface area contributed by atoms with Gasteiger partial charge in [-0.15, -0.1) is 0 Å². The van der Waals surface area contributed by atoms with Crippen LogP contribution in [0, 0.1) is 16.6 Å². The quantitative estimate of drug-likeness (QED) is 0.223. The van der Waals surface area contributed by atoms with Crippen molar-refractivity contribution < 1.29 is 14.3 Å². The van der Waals surface area contributed by atoms with E-state index in [1.807, 2.05) is 42.2 Å². The van der Waals surface area contributed by atoms with E-state index in [2.05, 4.69) is 6.58 Å². The molecule has 3 aromatic rings. The predicted molar refractivity (Wildman–Crippen MR) is 145 cm³/mol. The molecule has 1 atom stereocenters. The summed E-state index contributed by atoms with van der Waals surface area (Å²) in [5.74, 6) is -1.21. The van der Waals surface area contributed by atoms with E-state index in [1.54, 1.807) is 17.0 Å². The van der Waals surface area contributed by atoms with Crippen molar-refractivity contribution in [3.63, 3.8) is 0 Å². The summed E-state index contributed by atoms with van der Waals surface area (Å²) in [6.07, 6.45) is 1.28. The largest absolute Gasteiger partial charge is 0.507 e. The number of nitrogens with zero attached hydrogens (tertiary/aromatic N) is 2. The van der Waals surface area contributed by atoms with Crippen molar-refractivity contribution >= 4 is 29.1 Å². The number of piperazine rings is 1. The van der Waals surface area contributed by atoms with Crippen LogP contribution >= 0.6 is 11.6 Å². The topological polar surface area (TPSA) is 91.5 Å². The highest BCUT2D eigenvalue weighted by Gasteiger charge is 2.27. The Labute approximate surface area is 220 Å². The Morgan fingerprint density at radius 1 is 1.03 bits per heavy atom. The second kappa shape index (κ2) is 11.0. The maximum atomic E-state index is 14.8. The van der Waals surface area contributed by atoms with Gasteiger partial charge in [0.05, 0.1) is 5.56 Å². The molecule has 1 aliphatic rings. The van der Waals surface area contributed by atoms with E-state index < -0.39 is 5.82 Å². The number of amides is 1. The van der Waals surface area contributed by atoms with Crippen molar-refractivity contribution in [2.24, 2.45) is 0 Å². The fourth-order valence-electron chi connectivity index (χ4n) is 4.55. The van der Waals surface area contributed by atoms with Crippen LogP contribution in [0.1, 0.15) is 29.5 Å². The van der Waals surface area contributed by atoms with Gasteiger partial charge in [0.1, 0.15) is 17.4 Å². The fraction of sp³-hybridized carbons (Fsp3) is 0.207. The zero-order chi connectivity index (χ0) is 26.7. The number of hydrogen-bond donors (Lipinski definition) is 3. The van der Waals surface area contributed by atoms with Crippen LogP contribution in [0.25, 0.3) is 11.1 Å². The van der Waals surface area contributed by atoms with Gasteiger partial charge in [-0.1, -0.05) is 61.5 Å². The van der Waals surface area contributed by atoms with E-state index in [1.165, 1.54) is 24.3 Å². The Balaban J connectivity index is 1.78. The molecule has 0 saturated carbocycles. The van der Waals surface area contributed by atoms with Crippen molar-refractivity contribution in [2.75, 3.05) is 26.2 Å². The normalized spacial score (nSPS) is 14.2. The molecule has 0 radical (unpaired) electrons. The SMILES string of the molecule is C=CC(=O)N1CCN(C(=N)c2cc(Cl)c(-c3c(O)cccc3F)cc2C(=N)C(C)c2ccccc2)CC1. The summed E-state index contributed by atoms with van der Waals surface area (Å²) in [6, 6.07) is 16.7. The van der Waals surface area contributed by atoms with E-state index in [4.69, 9.17) is 22.4 Å². The van der Waals surface area contributed by atoms with Crippen molar-refractivity contribution in [1.82, 2.24) is 9.80 Å². The number of carbonyl (C=O) groups excluding carboxylic acids is 1. The van der Waals surface area contributed by atoms with Crippen LogP contribution in [0.15, 0.2) is 73.3 Å². The molecule has 0 aromatic heterocycles. The molecule has 6 nitrogen and oxygen atoms in total. The van der Waals surface area contributed by atoms with Gasteiger partial charge in [-0.2, -0.15) is 0 Å². The summed E-state index contributed by atoms with van der Waals surface area (Å²) >= 11 is 6.62. The van der Waals surface area contributed by atoms with Crippen molar-refractivity contribution in [2.45, 2.75) is 12.8 Å². The van der Waals surface area contributed by atoms with Crippen molar-refractivity contribution in [1.29, 1.82) is 10.8 Å². The number of amidine groups is 1. The molecule has 4 rings (SSSR count). The van der Waals surface area contributed by atoms with Crippen molar-refractivity contribution in [3.8, 4) is 16.9 Å². The molecule has 1 amide bonds. The van der Waals surface area contributed by atoms with Gasteiger partial charge in [-0.3, -0.25) is 10.2 Å². The molecule has 3 aromatic carbocycles. The Morgan fingerprint density at radius 3 is 2.30 bits per heavy atom. The number of phenols is 1. The van der Waals surface area contributed by atoms with Gasteiger partial charge >= 0.3 is 0 Å². The lowest BCUT2D eigenvalue weighted by molar-refractivity contribution is -0.127. The van der Waals surface area contributed by atoms with Gasteiger partial charge < -0.3 is 20.3 Å². The summed E-state index contributed by atoms with van der Waals surface area (Å²) < 4.78 is 14.8. The van der Waals surface area contributed by atoms with Crippen LogP contribution in [0.5, 0.6) is 5.75 Å². The Kier molecular flexibility index (Phi) is 7.74. The van der Waals surface area contributed by atoms with E-state index in [0.717, 1.165) is 5.56 Å². The first-order chi connectivity index (χ1) is 17.7. The minimum atomic E-state index is -0.638. The van der Waals surface area contributed by atoms with Crippen LogP contribution in [0.3, 0.4) is 0 Å². The van der Waals surface area contributed by atoms with E-state index >= 15 is 0 Å². The minimum Gasteiger partial charge on any atom is -0.507 e. The number of nitrogens with one attached hydrogen (secondary N) is 2. The zero-order valence-electron chi connectivity index (χ0n) is 20.5. The first-order valence-electron chi connectivity index (χ1n) is 11.9. The molecule has 190 valence electrons. The smallest absolute Gasteiger partial charge is 0.246 e. The molecular weight excluding hydrogens is 491 g/mol. The molecule has 1 fully saturated rings. The van der Waals surface area contributed by atoms with Crippen molar-refractivity contribution in [3.05, 3.63) is 101 Å². The van der Waals surface area contributed by atoms with Crippen LogP contribution in [0.2, 0.25) is 5.02 Å². The van der Waals surface area contributed by atoms with Gasteiger partial charge in [0.15, 0.2) is 0 Å². The first kappa shape index (κ1) is 26.1. The minimum absolute atomic E-state index is 0.0523. The van der Waals surface area contributed by atoms with Gasteiger partial charge in [-0.05, 0) is 35.9 Å². The second-order valence-electron chi connectivity index (χ2n) is 8.92. The number of rotatable bonds is 6. The molecule has 1 saturated heterocycles. The molecule has 8 heteroatoms. The molecule has 3 N–H and O–H groups in total. The molecule has 0 aliphatic carbocycles. The molecule has 1 heterocycles. The van der Waals surface area contributed by atoms with Gasteiger partial charge in [-0.25, -0.2) is 4.39 Å². The molecule has 1 unspecified atom stereocenters. The van der Waals surface area contributed by atoms with E-state index in [-0.39, 0.29) is 45.3 Å². The standard InChI is InChI=1S/C29H28ClFN4O2/c1-3-26(37)34-12-14-35(15-13-34)29(33)21-17-23(30)22(27-24(31)10-7-11-25(27)36)16-20(21)28(32)18(2)19-8-5-4-6-9-19/h3-11,16-18,32-33,36H,1,12-15H2,2H3. The number of carbonyl (C=O) groups is 1.